The lowest BCUT2D eigenvalue weighted by Gasteiger charge is -2.05. The van der Waals surface area contributed by atoms with Crippen molar-refractivity contribution in [1.82, 2.24) is 15.3 Å². The number of aromatic nitrogens is 2. The highest BCUT2D eigenvalue weighted by molar-refractivity contribution is 7.13. The number of thiazole rings is 1. The second-order valence-electron chi connectivity index (χ2n) is 5.07. The van der Waals surface area contributed by atoms with Crippen LogP contribution in [0.3, 0.4) is 0 Å². The van der Waals surface area contributed by atoms with Crippen molar-refractivity contribution in [3.63, 3.8) is 0 Å². The lowest BCUT2D eigenvalue weighted by molar-refractivity contribution is -0.120. The maximum Gasteiger partial charge on any atom is 0.226 e. The van der Waals surface area contributed by atoms with Gasteiger partial charge in [0.25, 0.3) is 0 Å². The topological polar surface area (TPSA) is 54.9 Å². The highest BCUT2D eigenvalue weighted by Gasteiger charge is 2.09. The molecule has 0 spiro atoms. The highest BCUT2D eigenvalue weighted by atomic mass is 32.1. The van der Waals surface area contributed by atoms with Gasteiger partial charge in [-0.25, -0.2) is 4.98 Å². The van der Waals surface area contributed by atoms with E-state index in [-0.39, 0.29) is 5.91 Å². The first-order valence-corrected chi connectivity index (χ1v) is 7.65. The molecule has 0 aliphatic rings. The van der Waals surface area contributed by atoms with Crippen molar-refractivity contribution in [3.8, 4) is 10.7 Å². The van der Waals surface area contributed by atoms with E-state index in [1.807, 2.05) is 23.6 Å². The zero-order chi connectivity index (χ0) is 14.4. The minimum atomic E-state index is 0.0310. The van der Waals surface area contributed by atoms with Crippen LogP contribution in [-0.4, -0.2) is 22.4 Å². The Morgan fingerprint density at radius 2 is 2.25 bits per heavy atom. The third kappa shape index (κ3) is 4.42. The molecule has 0 saturated carbocycles. The summed E-state index contributed by atoms with van der Waals surface area (Å²) in [6, 6.07) is 5.73. The van der Waals surface area contributed by atoms with Crippen molar-refractivity contribution >= 4 is 17.2 Å². The molecule has 20 heavy (non-hydrogen) atoms. The van der Waals surface area contributed by atoms with Gasteiger partial charge >= 0.3 is 0 Å². The molecule has 0 unspecified atom stereocenters. The minimum absolute atomic E-state index is 0.0310. The van der Waals surface area contributed by atoms with Crippen molar-refractivity contribution < 1.29 is 4.79 Å². The second kappa shape index (κ2) is 7.14. The number of hydrogen-bond donors (Lipinski definition) is 1. The first-order chi connectivity index (χ1) is 9.65. The number of nitrogens with zero attached hydrogens (tertiary/aromatic N) is 2. The molecule has 106 valence electrons. The van der Waals surface area contributed by atoms with Gasteiger partial charge in [-0.3, -0.25) is 9.78 Å². The van der Waals surface area contributed by atoms with E-state index in [4.69, 9.17) is 0 Å². The summed E-state index contributed by atoms with van der Waals surface area (Å²) in [7, 11) is 0. The Morgan fingerprint density at radius 3 is 2.95 bits per heavy atom. The summed E-state index contributed by atoms with van der Waals surface area (Å²) < 4.78 is 0. The molecule has 0 saturated heterocycles. The van der Waals surface area contributed by atoms with Crippen LogP contribution < -0.4 is 5.32 Å². The van der Waals surface area contributed by atoms with Gasteiger partial charge in [-0.2, -0.15) is 0 Å². The molecule has 0 atom stereocenters. The largest absolute Gasteiger partial charge is 0.356 e. The fourth-order valence-corrected chi connectivity index (χ4v) is 2.52. The number of hydrogen-bond acceptors (Lipinski definition) is 4. The Morgan fingerprint density at radius 1 is 1.40 bits per heavy atom. The molecule has 2 aromatic heterocycles. The van der Waals surface area contributed by atoms with Crippen LogP contribution in [0.1, 0.15) is 26.0 Å². The monoisotopic (exact) mass is 289 g/mol. The Hall–Kier alpha value is -1.75. The third-order valence-corrected chi connectivity index (χ3v) is 3.73. The zero-order valence-electron chi connectivity index (χ0n) is 11.8. The van der Waals surface area contributed by atoms with Gasteiger partial charge in [0, 0.05) is 18.1 Å². The van der Waals surface area contributed by atoms with Crippen LogP contribution in [0.5, 0.6) is 0 Å². The van der Waals surface area contributed by atoms with Gasteiger partial charge in [-0.05, 0) is 24.5 Å². The van der Waals surface area contributed by atoms with E-state index in [9.17, 15) is 4.79 Å². The zero-order valence-corrected chi connectivity index (χ0v) is 12.6. The summed E-state index contributed by atoms with van der Waals surface area (Å²) in [5.74, 6) is 0.633. The smallest absolute Gasteiger partial charge is 0.226 e. The van der Waals surface area contributed by atoms with E-state index < -0.39 is 0 Å². The fraction of sp³-hybridized carbons (Fsp3) is 0.400. The average molecular weight is 289 g/mol. The van der Waals surface area contributed by atoms with Crippen LogP contribution in [-0.2, 0) is 11.2 Å². The van der Waals surface area contributed by atoms with Crippen LogP contribution in [0.25, 0.3) is 10.7 Å². The molecule has 0 radical (unpaired) electrons. The highest BCUT2D eigenvalue weighted by Crippen LogP contribution is 2.21. The van der Waals surface area contributed by atoms with Gasteiger partial charge in [0.1, 0.15) is 5.01 Å². The Kier molecular flexibility index (Phi) is 5.24. The number of amides is 1. The van der Waals surface area contributed by atoms with Crippen molar-refractivity contribution in [2.24, 2.45) is 5.92 Å². The van der Waals surface area contributed by atoms with Gasteiger partial charge in [-0.15, -0.1) is 11.3 Å². The Labute approximate surface area is 123 Å². The van der Waals surface area contributed by atoms with Crippen molar-refractivity contribution in [2.45, 2.75) is 26.7 Å². The minimum Gasteiger partial charge on any atom is -0.356 e. The molecule has 0 aromatic carbocycles. The summed E-state index contributed by atoms with van der Waals surface area (Å²) in [4.78, 5) is 20.5. The van der Waals surface area contributed by atoms with E-state index in [2.05, 4.69) is 29.1 Å². The molecule has 5 heteroatoms. The third-order valence-electron chi connectivity index (χ3n) is 2.82. The lowest BCUT2D eigenvalue weighted by Crippen LogP contribution is -2.26. The number of carbonyl (C=O) groups is 1. The summed E-state index contributed by atoms with van der Waals surface area (Å²) in [6.07, 6.45) is 3.08. The first-order valence-electron chi connectivity index (χ1n) is 6.77. The molecule has 0 bridgehead atoms. The second-order valence-corrected chi connectivity index (χ2v) is 5.93. The Bertz CT molecular complexity index is 551. The molecule has 2 heterocycles. The summed E-state index contributed by atoms with van der Waals surface area (Å²) in [5, 5.41) is 5.70. The molecular formula is C15H19N3OS. The normalized spacial score (nSPS) is 10.8. The van der Waals surface area contributed by atoms with Crippen LogP contribution in [0.4, 0.5) is 0 Å². The summed E-state index contributed by atoms with van der Waals surface area (Å²) in [6.45, 7) is 5.02. The number of pyridine rings is 1. The molecule has 1 N–H and O–H groups in total. The fourth-order valence-electron chi connectivity index (χ4n) is 1.72. The average Bonchev–Trinajstić information content (AvgIpc) is 2.88. The quantitative estimate of drug-likeness (QED) is 0.889. The molecule has 0 aliphatic heterocycles. The predicted molar refractivity (Wildman–Crippen MR) is 81.5 cm³/mol. The van der Waals surface area contributed by atoms with E-state index in [1.54, 1.807) is 6.20 Å². The van der Waals surface area contributed by atoms with E-state index in [1.165, 1.54) is 11.3 Å². The van der Waals surface area contributed by atoms with Gasteiger partial charge in [0.05, 0.1) is 17.8 Å². The van der Waals surface area contributed by atoms with Crippen molar-refractivity contribution in [2.75, 3.05) is 6.54 Å². The maximum absolute atomic E-state index is 11.8. The molecule has 4 nitrogen and oxygen atoms in total. The molecule has 0 aliphatic carbocycles. The van der Waals surface area contributed by atoms with Crippen LogP contribution in [0.15, 0.2) is 29.8 Å². The van der Waals surface area contributed by atoms with E-state index >= 15 is 0 Å². The van der Waals surface area contributed by atoms with Gasteiger partial charge in [-0.1, -0.05) is 19.9 Å². The van der Waals surface area contributed by atoms with Crippen molar-refractivity contribution in [1.29, 1.82) is 0 Å². The SMILES string of the molecule is CC(C)CCNC(=O)Cc1csc(-c2ccccn2)n1. The van der Waals surface area contributed by atoms with Gasteiger partial charge in [0.15, 0.2) is 0 Å². The standard InChI is InChI=1S/C15H19N3OS/c1-11(2)6-8-17-14(19)9-12-10-20-15(18-12)13-5-3-4-7-16-13/h3-5,7,10-11H,6,8-9H2,1-2H3,(H,17,19). The van der Waals surface area contributed by atoms with E-state index in [0.717, 1.165) is 29.4 Å². The predicted octanol–water partition coefficient (Wildman–Crippen LogP) is 2.91. The molecular weight excluding hydrogens is 270 g/mol. The van der Waals surface area contributed by atoms with Crippen molar-refractivity contribution in [3.05, 3.63) is 35.5 Å². The number of carbonyl (C=O) groups excluding carboxylic acids is 1. The van der Waals surface area contributed by atoms with E-state index in [0.29, 0.717) is 12.3 Å². The maximum atomic E-state index is 11.8. The van der Waals surface area contributed by atoms with Gasteiger partial charge in [0.2, 0.25) is 5.91 Å². The first kappa shape index (κ1) is 14.7. The number of rotatable bonds is 6. The van der Waals surface area contributed by atoms with Crippen LogP contribution in [0, 0.1) is 5.92 Å². The summed E-state index contributed by atoms with van der Waals surface area (Å²) >= 11 is 1.52. The summed E-state index contributed by atoms with van der Waals surface area (Å²) in [5.41, 5.74) is 1.65. The van der Waals surface area contributed by atoms with Gasteiger partial charge < -0.3 is 5.32 Å². The molecule has 2 rings (SSSR count). The molecule has 0 fully saturated rings. The van der Waals surface area contributed by atoms with Crippen LogP contribution in [0.2, 0.25) is 0 Å². The van der Waals surface area contributed by atoms with Crippen LogP contribution >= 0.6 is 11.3 Å². The Balaban J connectivity index is 1.88. The molecule has 2 aromatic rings. The molecule has 1 amide bonds. The number of nitrogens with one attached hydrogen (secondary N) is 1. The lowest BCUT2D eigenvalue weighted by atomic mass is 10.1.